The number of piperidine rings is 1. The van der Waals surface area contributed by atoms with Gasteiger partial charge >= 0.3 is 12.4 Å². The Bertz CT molecular complexity index is 1220. The minimum Gasteiger partial charge on any atom is -0.391 e. The number of rotatable bonds is 5. The third kappa shape index (κ3) is 7.04. The second kappa shape index (κ2) is 12.0. The summed E-state index contributed by atoms with van der Waals surface area (Å²) in [6, 6.07) is 11.0. The van der Waals surface area contributed by atoms with Gasteiger partial charge in [0.2, 0.25) is 5.91 Å². The van der Waals surface area contributed by atoms with Crippen LogP contribution in [0.2, 0.25) is 0 Å². The highest BCUT2D eigenvalue weighted by Gasteiger charge is 2.44. The molecule has 2 heterocycles. The van der Waals surface area contributed by atoms with Gasteiger partial charge in [-0.1, -0.05) is 30.3 Å². The van der Waals surface area contributed by atoms with Crippen LogP contribution < -0.4 is 5.32 Å². The summed E-state index contributed by atoms with van der Waals surface area (Å²) in [6.45, 7) is 3.46. The van der Waals surface area contributed by atoms with Crippen molar-refractivity contribution < 1.29 is 41.0 Å². The molecule has 43 heavy (non-hydrogen) atoms. The smallest absolute Gasteiger partial charge is 0.391 e. The van der Waals surface area contributed by atoms with Gasteiger partial charge in [-0.25, -0.2) is 0 Å². The van der Waals surface area contributed by atoms with Crippen LogP contribution in [-0.4, -0.2) is 53.4 Å². The van der Waals surface area contributed by atoms with Gasteiger partial charge in [-0.3, -0.25) is 4.79 Å². The zero-order valence-electron chi connectivity index (χ0n) is 24.1. The Morgan fingerprint density at radius 3 is 2.00 bits per heavy atom. The number of likely N-dealkylation sites (tertiary alicyclic amines) is 1. The Balaban J connectivity index is 1.31. The van der Waals surface area contributed by atoms with Crippen molar-refractivity contribution in [3.05, 3.63) is 70.8 Å². The molecular weight excluding hydrogens is 574 g/mol. The molecule has 2 aromatic carbocycles. The van der Waals surface area contributed by atoms with Crippen LogP contribution in [0.5, 0.6) is 0 Å². The molecule has 3 fully saturated rings. The first-order chi connectivity index (χ1) is 20.2. The molecule has 0 bridgehead atoms. The highest BCUT2D eigenvalue weighted by atomic mass is 19.4. The largest absolute Gasteiger partial charge is 0.416 e. The standard InChI is InChI=1S/C32H38F6N2O3/c1-21(22-17-24(31(33,34)35)19-25(18-22)32(36,37)38)28(42)39-30(23-5-3-2-4-6-23)11-7-26(8-12-30)40-15-13-29(14-16-40)10-9-27(41)20-43-29/h2-6,17-19,21,26-27,41H,7-16,20H2,1H3,(H,39,42)/t21-,26?,27+,30?/m1/s1. The third-order valence-electron chi connectivity index (χ3n) is 9.74. The molecule has 236 valence electrons. The van der Waals surface area contributed by atoms with Gasteiger partial charge in [-0.15, -0.1) is 0 Å². The van der Waals surface area contributed by atoms with Crippen LogP contribution in [0, 0.1) is 0 Å². The average Bonchev–Trinajstić information content (AvgIpc) is 2.98. The third-order valence-corrected chi connectivity index (χ3v) is 9.74. The number of carbonyl (C=O) groups excluding carboxylic acids is 1. The first-order valence-electron chi connectivity index (χ1n) is 14.9. The molecule has 1 spiro atoms. The average molecular weight is 613 g/mol. The van der Waals surface area contributed by atoms with Gasteiger partial charge in [0.05, 0.1) is 40.9 Å². The van der Waals surface area contributed by atoms with Crippen LogP contribution >= 0.6 is 0 Å². The predicted octanol–water partition coefficient (Wildman–Crippen LogP) is 6.79. The van der Waals surface area contributed by atoms with Gasteiger partial charge < -0.3 is 20.1 Å². The second-order valence-corrected chi connectivity index (χ2v) is 12.5. The fourth-order valence-electron chi connectivity index (χ4n) is 6.98. The van der Waals surface area contributed by atoms with Gasteiger partial charge in [0.25, 0.3) is 0 Å². The zero-order chi connectivity index (χ0) is 31.0. The lowest BCUT2D eigenvalue weighted by Crippen LogP contribution is -2.55. The van der Waals surface area contributed by atoms with Crippen molar-refractivity contribution in [2.24, 2.45) is 0 Å². The number of nitrogens with zero attached hydrogens (tertiary/aromatic N) is 1. The Labute approximate surface area is 247 Å². The predicted molar refractivity (Wildman–Crippen MR) is 148 cm³/mol. The van der Waals surface area contributed by atoms with E-state index < -0.39 is 46.9 Å². The maximum atomic E-state index is 13.6. The molecule has 2 N–H and O–H groups in total. The van der Waals surface area contributed by atoms with Crippen LogP contribution in [0.25, 0.3) is 0 Å². The number of hydrogen-bond donors (Lipinski definition) is 2. The molecule has 1 amide bonds. The number of ether oxygens (including phenoxy) is 1. The molecule has 0 radical (unpaired) electrons. The molecule has 5 rings (SSSR count). The summed E-state index contributed by atoms with van der Waals surface area (Å²) in [7, 11) is 0. The van der Waals surface area contributed by atoms with Crippen LogP contribution in [0.1, 0.15) is 86.5 Å². The minimum atomic E-state index is -4.99. The Hall–Kier alpha value is -2.63. The lowest BCUT2D eigenvalue weighted by atomic mass is 9.73. The molecule has 2 atom stereocenters. The lowest BCUT2D eigenvalue weighted by molar-refractivity contribution is -0.150. The maximum Gasteiger partial charge on any atom is 0.416 e. The molecule has 2 saturated heterocycles. The van der Waals surface area contributed by atoms with Gasteiger partial charge in [0, 0.05) is 19.1 Å². The molecule has 2 aromatic rings. The molecule has 1 saturated carbocycles. The Kier molecular flexibility index (Phi) is 8.90. The summed E-state index contributed by atoms with van der Waals surface area (Å²) < 4.78 is 86.9. The van der Waals surface area contributed by atoms with E-state index in [1.807, 2.05) is 30.3 Å². The number of alkyl halides is 6. The SMILES string of the molecule is C[C@@H](C(=O)NC1(c2ccccc2)CCC(N2CCC3(CC[C@H](O)CO3)CC2)CC1)c1cc(C(F)(F)F)cc(C(F)(F)F)c1. The van der Waals surface area contributed by atoms with Crippen molar-refractivity contribution in [2.45, 2.75) is 99.8 Å². The van der Waals surface area contributed by atoms with Crippen molar-refractivity contribution in [2.75, 3.05) is 19.7 Å². The van der Waals surface area contributed by atoms with Crippen molar-refractivity contribution in [1.29, 1.82) is 0 Å². The highest BCUT2D eigenvalue weighted by Crippen LogP contribution is 2.43. The van der Waals surface area contributed by atoms with E-state index in [9.17, 15) is 36.2 Å². The summed E-state index contributed by atoms with van der Waals surface area (Å²) in [5.41, 5.74) is -3.31. The molecule has 5 nitrogen and oxygen atoms in total. The fourth-order valence-corrected chi connectivity index (χ4v) is 6.98. The first kappa shape index (κ1) is 31.8. The molecule has 2 aliphatic heterocycles. The summed E-state index contributed by atoms with van der Waals surface area (Å²) >= 11 is 0. The van der Waals surface area contributed by atoms with E-state index in [2.05, 4.69) is 10.2 Å². The van der Waals surface area contributed by atoms with E-state index in [1.54, 1.807) is 0 Å². The van der Waals surface area contributed by atoms with Gasteiger partial charge in [-0.2, -0.15) is 26.3 Å². The quantitative estimate of drug-likeness (QED) is 0.365. The topological polar surface area (TPSA) is 61.8 Å². The lowest BCUT2D eigenvalue weighted by Gasteiger charge is -2.49. The summed E-state index contributed by atoms with van der Waals surface area (Å²) in [5.74, 6) is -1.86. The van der Waals surface area contributed by atoms with Gasteiger partial charge in [-0.05, 0) is 87.6 Å². The van der Waals surface area contributed by atoms with Gasteiger partial charge in [0.1, 0.15) is 0 Å². The van der Waals surface area contributed by atoms with Crippen LogP contribution in [-0.2, 0) is 27.4 Å². The highest BCUT2D eigenvalue weighted by molar-refractivity contribution is 5.84. The number of benzene rings is 2. The van der Waals surface area contributed by atoms with Crippen LogP contribution in [0.15, 0.2) is 48.5 Å². The molecule has 3 aliphatic rings. The van der Waals surface area contributed by atoms with Crippen molar-refractivity contribution in [1.82, 2.24) is 10.2 Å². The van der Waals surface area contributed by atoms with Crippen molar-refractivity contribution in [3.63, 3.8) is 0 Å². The van der Waals surface area contributed by atoms with E-state index in [1.165, 1.54) is 6.92 Å². The number of hydrogen-bond acceptors (Lipinski definition) is 4. The number of nitrogens with one attached hydrogen (secondary N) is 1. The number of aliphatic hydroxyl groups is 1. The van der Waals surface area contributed by atoms with E-state index in [4.69, 9.17) is 4.74 Å². The van der Waals surface area contributed by atoms with Crippen molar-refractivity contribution >= 4 is 5.91 Å². The molecule has 0 aromatic heterocycles. The molecule has 1 aliphatic carbocycles. The second-order valence-electron chi connectivity index (χ2n) is 12.5. The Morgan fingerprint density at radius 1 is 0.907 bits per heavy atom. The van der Waals surface area contributed by atoms with Crippen LogP contribution in [0.3, 0.4) is 0 Å². The number of amides is 1. The summed E-state index contributed by atoms with van der Waals surface area (Å²) in [5, 5.41) is 12.9. The monoisotopic (exact) mass is 612 g/mol. The van der Waals surface area contributed by atoms with Crippen LogP contribution in [0.4, 0.5) is 26.3 Å². The van der Waals surface area contributed by atoms with Crippen molar-refractivity contribution in [3.8, 4) is 0 Å². The minimum absolute atomic E-state index is 0.0764. The van der Waals surface area contributed by atoms with E-state index in [-0.39, 0.29) is 23.3 Å². The van der Waals surface area contributed by atoms with E-state index in [0.29, 0.717) is 31.6 Å². The first-order valence-corrected chi connectivity index (χ1v) is 14.9. The number of carbonyl (C=O) groups is 1. The summed E-state index contributed by atoms with van der Waals surface area (Å²) in [6.07, 6.45) is -4.27. The Morgan fingerprint density at radius 2 is 1.49 bits per heavy atom. The van der Waals surface area contributed by atoms with Gasteiger partial charge in [0.15, 0.2) is 0 Å². The van der Waals surface area contributed by atoms with E-state index >= 15 is 0 Å². The molecule has 0 unspecified atom stereocenters. The fraction of sp³-hybridized carbons (Fsp3) is 0.594. The number of halogens is 6. The molecule has 11 heteroatoms. The molecular formula is C32H38F6N2O3. The zero-order valence-corrected chi connectivity index (χ0v) is 24.1. The maximum absolute atomic E-state index is 13.6. The van der Waals surface area contributed by atoms with E-state index in [0.717, 1.165) is 57.2 Å². The summed E-state index contributed by atoms with van der Waals surface area (Å²) in [4.78, 5) is 16.0. The normalized spacial score (nSPS) is 27.5. The number of aliphatic hydroxyl groups excluding tert-OH is 1.